The highest BCUT2D eigenvalue weighted by Crippen LogP contribution is 2.38. The number of nitrogens with zero attached hydrogens (tertiary/aromatic N) is 5. The van der Waals surface area contributed by atoms with Crippen LogP contribution in [0.1, 0.15) is 19.4 Å². The first-order chi connectivity index (χ1) is 13.5. The quantitative estimate of drug-likeness (QED) is 0.352. The molecule has 0 fully saturated rings. The maximum Gasteiger partial charge on any atom is 0.229 e. The Bertz CT molecular complexity index is 960. The predicted molar refractivity (Wildman–Crippen MR) is 103 cm³/mol. The van der Waals surface area contributed by atoms with Crippen LogP contribution >= 0.6 is 0 Å². The molecular formula is C17H23N7O4. The van der Waals surface area contributed by atoms with E-state index in [9.17, 15) is 15.3 Å². The number of phenols is 2. The molecule has 0 saturated heterocycles. The van der Waals surface area contributed by atoms with Crippen molar-refractivity contribution in [1.29, 1.82) is 0 Å². The second-order valence-corrected chi connectivity index (χ2v) is 6.36. The molecular weight excluding hydrogens is 366 g/mol. The van der Waals surface area contributed by atoms with Gasteiger partial charge in [0.25, 0.3) is 0 Å². The van der Waals surface area contributed by atoms with E-state index in [1.165, 1.54) is 7.11 Å². The summed E-state index contributed by atoms with van der Waals surface area (Å²) < 4.78 is 4.98. The minimum atomic E-state index is -0.328. The molecule has 1 aromatic carbocycles. The molecule has 0 aliphatic heterocycles. The van der Waals surface area contributed by atoms with Crippen LogP contribution in [0.2, 0.25) is 0 Å². The first-order valence-electron chi connectivity index (χ1n) is 8.74. The van der Waals surface area contributed by atoms with Crippen LogP contribution in [0.25, 0.3) is 11.2 Å². The molecule has 150 valence electrons. The SMILES string of the molecule is COc1ccc(CNc2nc(N(CCO)C(C)C)nc3n[nH]nc23)c(O)c1O. The molecule has 0 bridgehead atoms. The lowest BCUT2D eigenvalue weighted by molar-refractivity contribution is 0.298. The van der Waals surface area contributed by atoms with Crippen molar-refractivity contribution in [3.63, 3.8) is 0 Å². The molecule has 0 radical (unpaired) electrons. The molecule has 2 heterocycles. The summed E-state index contributed by atoms with van der Waals surface area (Å²) in [6.45, 7) is 4.44. The molecule has 0 spiro atoms. The number of aromatic hydroxyl groups is 2. The molecule has 2 aromatic heterocycles. The van der Waals surface area contributed by atoms with Crippen LogP contribution in [0.3, 0.4) is 0 Å². The Morgan fingerprint density at radius 2 is 1.96 bits per heavy atom. The van der Waals surface area contributed by atoms with Gasteiger partial charge in [-0.1, -0.05) is 0 Å². The average molecular weight is 389 g/mol. The van der Waals surface area contributed by atoms with Crippen molar-refractivity contribution < 1.29 is 20.1 Å². The Labute approximate surface area is 161 Å². The fraction of sp³-hybridized carbons (Fsp3) is 0.412. The summed E-state index contributed by atoms with van der Waals surface area (Å²) in [4.78, 5) is 10.8. The number of phenolic OH excluding ortho intramolecular Hbond substituents is 2. The fourth-order valence-electron chi connectivity index (χ4n) is 2.77. The van der Waals surface area contributed by atoms with Gasteiger partial charge < -0.3 is 30.3 Å². The minimum absolute atomic E-state index is 0.0415. The van der Waals surface area contributed by atoms with Gasteiger partial charge in [0.2, 0.25) is 17.3 Å². The summed E-state index contributed by atoms with van der Waals surface area (Å²) in [6.07, 6.45) is 0. The second-order valence-electron chi connectivity index (χ2n) is 6.36. The van der Waals surface area contributed by atoms with E-state index in [0.717, 1.165) is 0 Å². The van der Waals surface area contributed by atoms with Gasteiger partial charge in [-0.15, -0.1) is 5.10 Å². The fourth-order valence-corrected chi connectivity index (χ4v) is 2.77. The molecule has 0 unspecified atom stereocenters. The van der Waals surface area contributed by atoms with E-state index in [1.807, 2.05) is 18.7 Å². The molecule has 0 saturated carbocycles. The summed E-state index contributed by atoms with van der Waals surface area (Å²) in [6, 6.07) is 3.26. The van der Waals surface area contributed by atoms with Crippen LogP contribution < -0.4 is 15.0 Å². The van der Waals surface area contributed by atoms with Gasteiger partial charge in [0.05, 0.1) is 13.7 Å². The van der Waals surface area contributed by atoms with Crippen molar-refractivity contribution in [2.24, 2.45) is 0 Å². The van der Waals surface area contributed by atoms with E-state index in [-0.39, 0.29) is 36.4 Å². The monoisotopic (exact) mass is 389 g/mol. The van der Waals surface area contributed by atoms with E-state index < -0.39 is 0 Å². The standard InChI is InChI=1S/C17H23N7O4/c1-9(2)24(6-7-25)17-19-15(12-16(20-17)22-23-21-12)18-8-10-4-5-11(28-3)14(27)13(10)26/h4-5,9,25-27H,6-8H2,1-3H3,(H2,18,19,20,21,22,23). The lowest BCUT2D eigenvalue weighted by Gasteiger charge is -2.26. The normalized spacial score (nSPS) is 11.2. The van der Waals surface area contributed by atoms with E-state index in [2.05, 4.69) is 30.7 Å². The molecule has 0 aliphatic rings. The van der Waals surface area contributed by atoms with E-state index in [4.69, 9.17) is 4.74 Å². The predicted octanol–water partition coefficient (Wildman–Crippen LogP) is 0.987. The Morgan fingerprint density at radius 3 is 2.64 bits per heavy atom. The zero-order valence-corrected chi connectivity index (χ0v) is 15.8. The zero-order valence-electron chi connectivity index (χ0n) is 15.8. The van der Waals surface area contributed by atoms with Crippen LogP contribution in [0.15, 0.2) is 12.1 Å². The van der Waals surface area contributed by atoms with Crippen molar-refractivity contribution >= 4 is 22.9 Å². The lowest BCUT2D eigenvalue weighted by Crippen LogP contribution is -2.35. The van der Waals surface area contributed by atoms with Crippen molar-refractivity contribution in [3.8, 4) is 17.2 Å². The number of H-pyrrole nitrogens is 1. The largest absolute Gasteiger partial charge is 0.504 e. The number of rotatable bonds is 8. The highest BCUT2D eigenvalue weighted by atomic mass is 16.5. The third-order valence-electron chi connectivity index (χ3n) is 4.26. The summed E-state index contributed by atoms with van der Waals surface area (Å²) in [7, 11) is 1.41. The maximum absolute atomic E-state index is 10.2. The summed E-state index contributed by atoms with van der Waals surface area (Å²) in [5, 5.41) is 43.2. The van der Waals surface area contributed by atoms with Crippen LogP contribution in [0, 0.1) is 0 Å². The van der Waals surface area contributed by atoms with Gasteiger partial charge in [-0.05, 0) is 26.0 Å². The number of ether oxygens (including phenoxy) is 1. The second kappa shape index (κ2) is 8.13. The number of hydrogen-bond acceptors (Lipinski definition) is 10. The Kier molecular flexibility index (Phi) is 5.64. The highest BCUT2D eigenvalue weighted by Gasteiger charge is 2.19. The van der Waals surface area contributed by atoms with Crippen LogP contribution in [-0.2, 0) is 6.54 Å². The number of fused-ring (bicyclic) bond motifs is 1. The van der Waals surface area contributed by atoms with Gasteiger partial charge in [-0.25, -0.2) is 0 Å². The Hall–Kier alpha value is -3.34. The number of methoxy groups -OCH3 is 1. The summed E-state index contributed by atoms with van der Waals surface area (Å²) >= 11 is 0. The van der Waals surface area contributed by atoms with E-state index in [0.29, 0.717) is 35.0 Å². The third kappa shape index (κ3) is 3.69. The van der Waals surface area contributed by atoms with Gasteiger partial charge in [0.1, 0.15) is 0 Å². The molecule has 11 heteroatoms. The van der Waals surface area contributed by atoms with Crippen molar-refractivity contribution in [2.45, 2.75) is 26.4 Å². The van der Waals surface area contributed by atoms with Gasteiger partial charge in [-0.2, -0.15) is 20.3 Å². The molecule has 0 atom stereocenters. The maximum atomic E-state index is 10.2. The molecule has 3 aromatic rings. The molecule has 28 heavy (non-hydrogen) atoms. The molecule has 3 rings (SSSR count). The number of aliphatic hydroxyl groups is 1. The number of aliphatic hydroxyl groups excluding tert-OH is 1. The van der Waals surface area contributed by atoms with Crippen molar-refractivity contribution in [2.75, 3.05) is 30.5 Å². The van der Waals surface area contributed by atoms with Crippen molar-refractivity contribution in [3.05, 3.63) is 17.7 Å². The van der Waals surface area contributed by atoms with Crippen LogP contribution in [0.5, 0.6) is 17.2 Å². The Balaban J connectivity index is 1.92. The number of nitrogens with one attached hydrogen (secondary N) is 2. The van der Waals surface area contributed by atoms with E-state index >= 15 is 0 Å². The minimum Gasteiger partial charge on any atom is -0.504 e. The lowest BCUT2D eigenvalue weighted by atomic mass is 10.1. The number of anilines is 2. The van der Waals surface area contributed by atoms with E-state index in [1.54, 1.807) is 12.1 Å². The highest BCUT2D eigenvalue weighted by molar-refractivity contribution is 5.83. The van der Waals surface area contributed by atoms with Gasteiger partial charge in [-0.3, -0.25) is 0 Å². The van der Waals surface area contributed by atoms with Gasteiger partial charge >= 0.3 is 0 Å². The summed E-state index contributed by atoms with van der Waals surface area (Å²) in [5.41, 5.74) is 1.26. The van der Waals surface area contributed by atoms with Gasteiger partial charge in [0.15, 0.2) is 22.8 Å². The number of benzene rings is 1. The zero-order chi connectivity index (χ0) is 20.3. The molecule has 0 amide bonds. The first kappa shape index (κ1) is 19.4. The molecule has 5 N–H and O–H groups in total. The summed E-state index contributed by atoms with van der Waals surface area (Å²) in [5.74, 6) is 0.384. The first-order valence-corrected chi connectivity index (χ1v) is 8.74. The smallest absolute Gasteiger partial charge is 0.229 e. The van der Waals surface area contributed by atoms with Crippen LogP contribution in [0.4, 0.5) is 11.8 Å². The third-order valence-corrected chi connectivity index (χ3v) is 4.26. The number of hydrogen-bond donors (Lipinski definition) is 5. The number of aromatic nitrogens is 5. The average Bonchev–Trinajstić information content (AvgIpc) is 3.15. The Morgan fingerprint density at radius 1 is 1.18 bits per heavy atom. The van der Waals surface area contributed by atoms with Crippen LogP contribution in [-0.4, -0.2) is 67.0 Å². The topological polar surface area (TPSA) is 153 Å². The number of aromatic amines is 1. The molecule has 11 nitrogen and oxygen atoms in total. The van der Waals surface area contributed by atoms with Gasteiger partial charge in [0, 0.05) is 24.7 Å². The van der Waals surface area contributed by atoms with Crippen molar-refractivity contribution in [1.82, 2.24) is 25.4 Å². The molecule has 0 aliphatic carbocycles.